The van der Waals surface area contributed by atoms with E-state index in [1.165, 1.54) is 12.3 Å². The highest BCUT2D eigenvalue weighted by Gasteiger charge is 2.28. The number of pyridine rings is 1. The second kappa shape index (κ2) is 6.89. The molecule has 0 bridgehead atoms. The van der Waals surface area contributed by atoms with Crippen molar-refractivity contribution in [1.29, 1.82) is 0 Å². The summed E-state index contributed by atoms with van der Waals surface area (Å²) in [5, 5.41) is 8.80. The molecule has 114 valence electrons. The number of likely N-dealkylation sites (tertiary alicyclic amines) is 1. The van der Waals surface area contributed by atoms with Gasteiger partial charge in [0.1, 0.15) is 0 Å². The Kier molecular flexibility index (Phi) is 5.17. The quantitative estimate of drug-likeness (QED) is 0.862. The van der Waals surface area contributed by atoms with Crippen molar-refractivity contribution >= 4 is 27.8 Å². The third kappa shape index (κ3) is 3.93. The molecule has 1 saturated heterocycles. The summed E-state index contributed by atoms with van der Waals surface area (Å²) >= 11 is 3.11. The molecule has 2 rings (SSSR count). The van der Waals surface area contributed by atoms with Crippen LogP contribution >= 0.6 is 15.9 Å². The number of halogens is 1. The Labute approximate surface area is 130 Å². The van der Waals surface area contributed by atoms with Gasteiger partial charge in [-0.3, -0.25) is 14.4 Å². The fourth-order valence-electron chi connectivity index (χ4n) is 2.60. The highest BCUT2D eigenvalue weighted by Crippen LogP contribution is 2.23. The molecule has 1 aliphatic rings. The zero-order chi connectivity index (χ0) is 15.4. The van der Waals surface area contributed by atoms with E-state index in [1.54, 1.807) is 4.90 Å². The lowest BCUT2D eigenvalue weighted by atomic mass is 9.97. The van der Waals surface area contributed by atoms with Gasteiger partial charge in [0.2, 0.25) is 0 Å². The van der Waals surface area contributed by atoms with Gasteiger partial charge in [0, 0.05) is 25.2 Å². The zero-order valence-electron chi connectivity index (χ0n) is 11.5. The predicted octanol–water partition coefficient (Wildman–Crippen LogP) is 2.00. The standard InChI is InChI=1S/C14H17BrN2O4/c15-11-7-9(8-16-13(11)20)14(21)17-6-2-1-3-10(17)4-5-12(18)19/h7-8,10H,1-6H2,(H,16,20)(H,18,19)/t10-/m0/s1. The van der Waals surface area contributed by atoms with Crippen LogP contribution in [-0.2, 0) is 4.79 Å². The Morgan fingerprint density at radius 3 is 2.86 bits per heavy atom. The van der Waals surface area contributed by atoms with E-state index in [0.717, 1.165) is 19.3 Å². The molecular weight excluding hydrogens is 340 g/mol. The highest BCUT2D eigenvalue weighted by atomic mass is 79.9. The monoisotopic (exact) mass is 356 g/mol. The third-order valence-electron chi connectivity index (χ3n) is 3.68. The molecule has 1 aliphatic heterocycles. The molecule has 1 amide bonds. The molecule has 21 heavy (non-hydrogen) atoms. The lowest BCUT2D eigenvalue weighted by Gasteiger charge is -2.35. The number of carbonyl (C=O) groups is 2. The van der Waals surface area contributed by atoms with Crippen LogP contribution in [0.5, 0.6) is 0 Å². The minimum absolute atomic E-state index is 0.0481. The number of piperidine rings is 1. The average molecular weight is 357 g/mol. The Balaban J connectivity index is 2.15. The average Bonchev–Trinajstić information content (AvgIpc) is 2.47. The van der Waals surface area contributed by atoms with Gasteiger partial charge in [0.15, 0.2) is 0 Å². The van der Waals surface area contributed by atoms with Crippen molar-refractivity contribution in [3.05, 3.63) is 32.7 Å². The molecule has 0 aliphatic carbocycles. The molecule has 0 aromatic carbocycles. The van der Waals surface area contributed by atoms with Gasteiger partial charge in [0.25, 0.3) is 11.5 Å². The maximum absolute atomic E-state index is 12.6. The molecular formula is C14H17BrN2O4. The van der Waals surface area contributed by atoms with Crippen LogP contribution in [-0.4, -0.2) is 39.5 Å². The smallest absolute Gasteiger partial charge is 0.303 e. The number of rotatable bonds is 4. The van der Waals surface area contributed by atoms with Crippen LogP contribution < -0.4 is 5.56 Å². The lowest BCUT2D eigenvalue weighted by Crippen LogP contribution is -2.44. The zero-order valence-corrected chi connectivity index (χ0v) is 13.1. The number of amides is 1. The summed E-state index contributed by atoms with van der Waals surface area (Å²) in [7, 11) is 0. The molecule has 1 aromatic rings. The van der Waals surface area contributed by atoms with E-state index < -0.39 is 5.97 Å². The summed E-state index contributed by atoms with van der Waals surface area (Å²) in [6, 6.07) is 1.46. The van der Waals surface area contributed by atoms with Crippen LogP contribution in [0.25, 0.3) is 0 Å². The minimum atomic E-state index is -0.847. The molecule has 0 spiro atoms. The van der Waals surface area contributed by atoms with Gasteiger partial charge in [-0.2, -0.15) is 0 Å². The topological polar surface area (TPSA) is 90.5 Å². The second-order valence-corrected chi connectivity index (χ2v) is 6.00. The molecule has 2 heterocycles. The molecule has 0 unspecified atom stereocenters. The number of carboxylic acid groups (broad SMARTS) is 1. The van der Waals surface area contributed by atoms with E-state index in [9.17, 15) is 14.4 Å². The van der Waals surface area contributed by atoms with E-state index >= 15 is 0 Å². The van der Waals surface area contributed by atoms with Crippen molar-refractivity contribution in [2.24, 2.45) is 0 Å². The van der Waals surface area contributed by atoms with E-state index in [-0.39, 0.29) is 23.9 Å². The largest absolute Gasteiger partial charge is 0.481 e. The number of aromatic nitrogens is 1. The first-order valence-corrected chi connectivity index (χ1v) is 7.69. The number of hydrogen-bond donors (Lipinski definition) is 2. The summed E-state index contributed by atoms with van der Waals surface area (Å²) in [6.07, 6.45) is 4.67. The molecule has 0 radical (unpaired) electrons. The Morgan fingerprint density at radius 2 is 2.19 bits per heavy atom. The van der Waals surface area contributed by atoms with Crippen LogP contribution in [0.3, 0.4) is 0 Å². The number of aromatic amines is 1. The maximum atomic E-state index is 12.6. The van der Waals surface area contributed by atoms with Gasteiger partial charge in [-0.1, -0.05) is 0 Å². The molecule has 1 fully saturated rings. The van der Waals surface area contributed by atoms with E-state index in [0.29, 0.717) is 23.0 Å². The van der Waals surface area contributed by atoms with Crippen LogP contribution in [0.2, 0.25) is 0 Å². The number of nitrogens with zero attached hydrogens (tertiary/aromatic N) is 1. The van der Waals surface area contributed by atoms with E-state index in [1.807, 2.05) is 0 Å². The first kappa shape index (κ1) is 15.8. The van der Waals surface area contributed by atoms with Gasteiger partial charge in [-0.25, -0.2) is 0 Å². The van der Waals surface area contributed by atoms with Crippen LogP contribution in [0.15, 0.2) is 21.5 Å². The lowest BCUT2D eigenvalue weighted by molar-refractivity contribution is -0.137. The number of hydrogen-bond acceptors (Lipinski definition) is 3. The normalized spacial score (nSPS) is 18.5. The van der Waals surface area contributed by atoms with Gasteiger partial charge < -0.3 is 15.0 Å². The fraction of sp³-hybridized carbons (Fsp3) is 0.500. The van der Waals surface area contributed by atoms with Crippen LogP contribution in [0.1, 0.15) is 42.5 Å². The van der Waals surface area contributed by atoms with Crippen molar-refractivity contribution < 1.29 is 14.7 Å². The van der Waals surface area contributed by atoms with Crippen molar-refractivity contribution in [3.8, 4) is 0 Å². The fourth-order valence-corrected chi connectivity index (χ4v) is 2.96. The van der Waals surface area contributed by atoms with Gasteiger partial charge in [0.05, 0.1) is 10.0 Å². The van der Waals surface area contributed by atoms with Crippen molar-refractivity contribution in [3.63, 3.8) is 0 Å². The summed E-state index contributed by atoms with van der Waals surface area (Å²) in [4.78, 5) is 38.8. The Morgan fingerprint density at radius 1 is 1.43 bits per heavy atom. The molecule has 0 saturated carbocycles. The number of H-pyrrole nitrogens is 1. The SMILES string of the molecule is O=C(O)CC[C@@H]1CCCCN1C(=O)c1c[nH]c(=O)c(Br)c1. The minimum Gasteiger partial charge on any atom is -0.481 e. The number of nitrogens with one attached hydrogen (secondary N) is 1. The molecule has 1 atom stereocenters. The highest BCUT2D eigenvalue weighted by molar-refractivity contribution is 9.10. The van der Waals surface area contributed by atoms with Crippen LogP contribution in [0.4, 0.5) is 0 Å². The molecule has 6 nitrogen and oxygen atoms in total. The Hall–Kier alpha value is -1.63. The van der Waals surface area contributed by atoms with Gasteiger partial charge in [-0.05, 0) is 47.7 Å². The summed E-state index contributed by atoms with van der Waals surface area (Å²) < 4.78 is 0.312. The number of aliphatic carboxylic acids is 1. The third-order valence-corrected chi connectivity index (χ3v) is 4.27. The van der Waals surface area contributed by atoms with Gasteiger partial charge >= 0.3 is 5.97 Å². The van der Waals surface area contributed by atoms with Gasteiger partial charge in [-0.15, -0.1) is 0 Å². The summed E-state index contributed by atoms with van der Waals surface area (Å²) in [5.41, 5.74) is 0.122. The summed E-state index contributed by atoms with van der Waals surface area (Å²) in [6.45, 7) is 0.625. The Bertz CT molecular complexity index is 599. The first-order chi connectivity index (χ1) is 9.99. The molecule has 7 heteroatoms. The van der Waals surface area contributed by atoms with Crippen molar-refractivity contribution in [2.45, 2.75) is 38.1 Å². The number of carboxylic acids is 1. The van der Waals surface area contributed by atoms with E-state index in [2.05, 4.69) is 20.9 Å². The second-order valence-electron chi connectivity index (χ2n) is 5.15. The predicted molar refractivity (Wildman–Crippen MR) is 80.3 cm³/mol. The number of carbonyl (C=O) groups excluding carboxylic acids is 1. The first-order valence-electron chi connectivity index (χ1n) is 6.90. The van der Waals surface area contributed by atoms with Crippen molar-refractivity contribution in [1.82, 2.24) is 9.88 Å². The van der Waals surface area contributed by atoms with E-state index in [4.69, 9.17) is 5.11 Å². The maximum Gasteiger partial charge on any atom is 0.303 e. The molecule has 2 N–H and O–H groups in total. The molecule has 1 aromatic heterocycles. The van der Waals surface area contributed by atoms with Crippen molar-refractivity contribution in [2.75, 3.05) is 6.54 Å². The van der Waals surface area contributed by atoms with Crippen LogP contribution in [0, 0.1) is 0 Å². The summed E-state index contributed by atoms with van der Waals surface area (Å²) in [5.74, 6) is -1.01.